The van der Waals surface area contributed by atoms with Crippen LogP contribution in [-0.2, 0) is 0 Å². The molecule has 0 amide bonds. The number of guanidine groups is 1. The van der Waals surface area contributed by atoms with Crippen LogP contribution in [0.1, 0.15) is 46.0 Å². The first-order valence-electron chi connectivity index (χ1n) is 8.56. The summed E-state index contributed by atoms with van der Waals surface area (Å²) in [5.41, 5.74) is 0. The van der Waals surface area contributed by atoms with Crippen molar-refractivity contribution in [2.24, 2.45) is 4.99 Å². The molecular weight excluding hydrogens is 280 g/mol. The van der Waals surface area contributed by atoms with Crippen molar-refractivity contribution in [3.63, 3.8) is 0 Å². The number of nitrogens with zero attached hydrogens (tertiary/aromatic N) is 2. The second-order valence-corrected chi connectivity index (χ2v) is 6.71. The second-order valence-electron chi connectivity index (χ2n) is 5.72. The lowest BCUT2D eigenvalue weighted by Crippen LogP contribution is -2.48. The molecule has 1 aliphatic rings. The molecule has 0 aromatic carbocycles. The molecule has 1 aliphatic heterocycles. The lowest BCUT2D eigenvalue weighted by Gasteiger charge is -2.32. The minimum atomic E-state index is 0.585. The minimum Gasteiger partial charge on any atom is -0.357 e. The Hall–Kier alpha value is -0.420. The van der Waals surface area contributed by atoms with E-state index in [4.69, 9.17) is 4.99 Å². The molecule has 0 unspecified atom stereocenters. The molecule has 0 bridgehead atoms. The van der Waals surface area contributed by atoms with E-state index in [1.807, 2.05) is 11.8 Å². The molecular formula is C16H34N4S. The van der Waals surface area contributed by atoms with Gasteiger partial charge in [0.15, 0.2) is 5.96 Å². The van der Waals surface area contributed by atoms with Crippen LogP contribution in [0.3, 0.4) is 0 Å². The van der Waals surface area contributed by atoms with Gasteiger partial charge in [0.25, 0.3) is 0 Å². The second kappa shape index (κ2) is 12.2. The molecule has 0 radical (unpaired) electrons. The molecule has 0 aromatic heterocycles. The topological polar surface area (TPSA) is 39.7 Å². The number of rotatable bonds is 9. The van der Waals surface area contributed by atoms with E-state index in [0.29, 0.717) is 6.04 Å². The van der Waals surface area contributed by atoms with Gasteiger partial charge >= 0.3 is 0 Å². The van der Waals surface area contributed by atoms with Crippen molar-refractivity contribution < 1.29 is 0 Å². The van der Waals surface area contributed by atoms with Gasteiger partial charge in [-0.25, -0.2) is 0 Å². The van der Waals surface area contributed by atoms with Gasteiger partial charge in [-0.3, -0.25) is 4.99 Å². The fourth-order valence-corrected chi connectivity index (χ4v) is 3.17. The highest BCUT2D eigenvalue weighted by atomic mass is 32.2. The van der Waals surface area contributed by atoms with Crippen LogP contribution in [-0.4, -0.2) is 61.6 Å². The van der Waals surface area contributed by atoms with Crippen LogP contribution in [0.15, 0.2) is 4.99 Å². The summed E-state index contributed by atoms with van der Waals surface area (Å²) < 4.78 is 0. The molecule has 1 rings (SSSR count). The van der Waals surface area contributed by atoms with Crippen LogP contribution in [0.25, 0.3) is 0 Å². The molecule has 1 fully saturated rings. The Labute approximate surface area is 135 Å². The van der Waals surface area contributed by atoms with Crippen LogP contribution in [0.4, 0.5) is 0 Å². The Morgan fingerprint density at radius 1 is 1.24 bits per heavy atom. The highest BCUT2D eigenvalue weighted by Crippen LogP contribution is 2.10. The van der Waals surface area contributed by atoms with Crippen LogP contribution < -0.4 is 10.6 Å². The van der Waals surface area contributed by atoms with Gasteiger partial charge in [0.2, 0.25) is 0 Å². The zero-order valence-electron chi connectivity index (χ0n) is 14.2. The zero-order valence-corrected chi connectivity index (χ0v) is 15.0. The zero-order chi connectivity index (χ0) is 15.3. The van der Waals surface area contributed by atoms with Gasteiger partial charge in [0, 0.05) is 32.2 Å². The van der Waals surface area contributed by atoms with Crippen LogP contribution in [0.5, 0.6) is 0 Å². The Kier molecular flexibility index (Phi) is 10.8. The fraction of sp³-hybridized carbons (Fsp3) is 0.938. The maximum atomic E-state index is 4.71. The largest absolute Gasteiger partial charge is 0.357 e. The summed E-state index contributed by atoms with van der Waals surface area (Å²) >= 11 is 1.92. The highest BCUT2D eigenvalue weighted by molar-refractivity contribution is 7.98. The summed E-state index contributed by atoms with van der Waals surface area (Å²) in [7, 11) is 0. The van der Waals surface area contributed by atoms with E-state index in [2.05, 4.69) is 35.6 Å². The summed E-state index contributed by atoms with van der Waals surface area (Å²) in [6.07, 6.45) is 8.34. The third-order valence-corrected chi connectivity index (χ3v) is 4.54. The SMILES string of the molecule is CCCN1CCC(NC(=NCCCCSC)NCC)CC1. The van der Waals surface area contributed by atoms with E-state index in [1.54, 1.807) is 0 Å². The van der Waals surface area contributed by atoms with E-state index in [-0.39, 0.29) is 0 Å². The van der Waals surface area contributed by atoms with E-state index in [0.717, 1.165) is 19.0 Å². The van der Waals surface area contributed by atoms with E-state index >= 15 is 0 Å². The van der Waals surface area contributed by atoms with Gasteiger partial charge < -0.3 is 15.5 Å². The average molecular weight is 315 g/mol. The van der Waals surface area contributed by atoms with Crippen molar-refractivity contribution in [2.45, 2.75) is 52.0 Å². The quantitative estimate of drug-likeness (QED) is 0.390. The molecule has 124 valence electrons. The third kappa shape index (κ3) is 8.57. The number of hydrogen-bond acceptors (Lipinski definition) is 3. The molecule has 21 heavy (non-hydrogen) atoms. The highest BCUT2D eigenvalue weighted by Gasteiger charge is 2.19. The Morgan fingerprint density at radius 2 is 2.00 bits per heavy atom. The van der Waals surface area contributed by atoms with Crippen molar-refractivity contribution in [2.75, 3.05) is 44.7 Å². The first-order valence-corrected chi connectivity index (χ1v) is 9.95. The first-order chi connectivity index (χ1) is 10.3. The summed E-state index contributed by atoms with van der Waals surface area (Å²) in [6.45, 7) is 9.95. The van der Waals surface area contributed by atoms with Crippen molar-refractivity contribution in [1.82, 2.24) is 15.5 Å². The predicted octanol–water partition coefficient (Wildman–Crippen LogP) is 2.56. The summed E-state index contributed by atoms with van der Waals surface area (Å²) in [5.74, 6) is 2.26. The van der Waals surface area contributed by atoms with Crippen LogP contribution >= 0.6 is 11.8 Å². The van der Waals surface area contributed by atoms with Gasteiger partial charge in [-0.2, -0.15) is 11.8 Å². The van der Waals surface area contributed by atoms with Gasteiger partial charge in [0.05, 0.1) is 0 Å². The smallest absolute Gasteiger partial charge is 0.191 e. The standard InChI is InChI=1S/C16H34N4S/c1-4-11-20-12-8-15(9-13-20)19-16(17-5-2)18-10-6-7-14-21-3/h15H,4-14H2,1-3H3,(H2,17,18,19). The number of likely N-dealkylation sites (tertiary alicyclic amines) is 1. The number of unbranched alkanes of at least 4 members (excludes halogenated alkanes) is 1. The molecule has 1 heterocycles. The lowest BCUT2D eigenvalue weighted by atomic mass is 10.1. The molecule has 4 nitrogen and oxygen atoms in total. The number of thioether (sulfide) groups is 1. The summed E-state index contributed by atoms with van der Waals surface area (Å²) in [5, 5.41) is 6.99. The molecule has 0 aromatic rings. The Morgan fingerprint density at radius 3 is 2.62 bits per heavy atom. The average Bonchev–Trinajstić information content (AvgIpc) is 2.49. The maximum absolute atomic E-state index is 4.71. The number of piperidine rings is 1. The van der Waals surface area contributed by atoms with Gasteiger partial charge in [-0.05, 0) is 57.6 Å². The Bertz CT molecular complexity index is 275. The van der Waals surface area contributed by atoms with E-state index in [1.165, 1.54) is 57.5 Å². The fourth-order valence-electron chi connectivity index (χ4n) is 2.68. The summed E-state index contributed by atoms with van der Waals surface area (Å²) in [4.78, 5) is 7.28. The molecule has 2 N–H and O–H groups in total. The first kappa shape index (κ1) is 18.6. The predicted molar refractivity (Wildman–Crippen MR) is 96.5 cm³/mol. The molecule has 5 heteroatoms. The van der Waals surface area contributed by atoms with Gasteiger partial charge in [-0.1, -0.05) is 6.92 Å². The molecule has 1 saturated heterocycles. The van der Waals surface area contributed by atoms with Gasteiger partial charge in [0.1, 0.15) is 0 Å². The van der Waals surface area contributed by atoms with Crippen LogP contribution in [0.2, 0.25) is 0 Å². The van der Waals surface area contributed by atoms with Gasteiger partial charge in [-0.15, -0.1) is 0 Å². The van der Waals surface area contributed by atoms with Crippen LogP contribution in [0, 0.1) is 0 Å². The van der Waals surface area contributed by atoms with Crippen molar-refractivity contribution in [3.05, 3.63) is 0 Å². The number of nitrogens with one attached hydrogen (secondary N) is 2. The molecule has 0 atom stereocenters. The molecule has 0 spiro atoms. The molecule has 0 saturated carbocycles. The van der Waals surface area contributed by atoms with Crippen molar-refractivity contribution >= 4 is 17.7 Å². The summed E-state index contributed by atoms with van der Waals surface area (Å²) in [6, 6.07) is 0.585. The Balaban J connectivity index is 2.28. The lowest BCUT2D eigenvalue weighted by molar-refractivity contribution is 0.206. The molecule has 0 aliphatic carbocycles. The minimum absolute atomic E-state index is 0.585. The number of aliphatic imine (C=N–C) groups is 1. The van der Waals surface area contributed by atoms with E-state index in [9.17, 15) is 0 Å². The van der Waals surface area contributed by atoms with E-state index < -0.39 is 0 Å². The van der Waals surface area contributed by atoms with Crippen molar-refractivity contribution in [3.8, 4) is 0 Å². The number of hydrogen-bond donors (Lipinski definition) is 2. The van der Waals surface area contributed by atoms with Crippen molar-refractivity contribution in [1.29, 1.82) is 0 Å². The monoisotopic (exact) mass is 314 g/mol. The maximum Gasteiger partial charge on any atom is 0.191 e. The third-order valence-electron chi connectivity index (χ3n) is 3.84. The normalized spacial score (nSPS) is 18.0.